The highest BCUT2D eigenvalue weighted by Gasteiger charge is 2.44. The summed E-state index contributed by atoms with van der Waals surface area (Å²) in [5.41, 5.74) is 0.673. The van der Waals surface area contributed by atoms with Crippen LogP contribution in [0, 0.1) is 5.92 Å². The number of para-hydroxylation sites is 1. The van der Waals surface area contributed by atoms with Crippen LogP contribution >= 0.6 is 0 Å². The van der Waals surface area contributed by atoms with Crippen LogP contribution in [0.5, 0.6) is 0 Å². The van der Waals surface area contributed by atoms with Crippen LogP contribution in [0.15, 0.2) is 30.3 Å². The maximum Gasteiger partial charge on any atom is 0.471 e. The fourth-order valence-corrected chi connectivity index (χ4v) is 2.60. The predicted molar refractivity (Wildman–Crippen MR) is 75.2 cm³/mol. The standard InChI is InChI=1S/C15H17F3N2O2/c1-19(12-7-3-2-4-8-12)13(21)11-6-5-9-20(10-11)14(22)15(16,17)18/h2-4,7-8,11H,5-6,9-10H2,1H3. The highest BCUT2D eigenvalue weighted by molar-refractivity contribution is 5.95. The number of carbonyl (C=O) groups excluding carboxylic acids is 2. The average Bonchev–Trinajstić information content (AvgIpc) is 2.52. The Balaban J connectivity index is 2.06. The minimum atomic E-state index is -4.89. The number of amides is 2. The van der Waals surface area contributed by atoms with Crippen molar-refractivity contribution in [2.45, 2.75) is 19.0 Å². The number of anilines is 1. The number of piperidine rings is 1. The number of alkyl halides is 3. The van der Waals surface area contributed by atoms with Crippen molar-refractivity contribution in [3.05, 3.63) is 30.3 Å². The van der Waals surface area contributed by atoms with Crippen LogP contribution in [0.2, 0.25) is 0 Å². The van der Waals surface area contributed by atoms with Crippen LogP contribution in [-0.4, -0.2) is 43.0 Å². The third kappa shape index (κ3) is 3.58. The van der Waals surface area contributed by atoms with Crippen molar-refractivity contribution < 1.29 is 22.8 Å². The van der Waals surface area contributed by atoms with Gasteiger partial charge in [-0.1, -0.05) is 18.2 Å². The molecule has 2 amide bonds. The second-order valence-electron chi connectivity index (χ2n) is 5.32. The summed E-state index contributed by atoms with van der Waals surface area (Å²) in [6.45, 7) is -0.147. The summed E-state index contributed by atoms with van der Waals surface area (Å²) in [5, 5.41) is 0. The van der Waals surface area contributed by atoms with Gasteiger partial charge in [0, 0.05) is 25.8 Å². The van der Waals surface area contributed by atoms with E-state index in [4.69, 9.17) is 0 Å². The number of halogens is 3. The predicted octanol–water partition coefficient (Wildman–Crippen LogP) is 2.45. The van der Waals surface area contributed by atoms with Gasteiger partial charge in [-0.15, -0.1) is 0 Å². The number of likely N-dealkylation sites (tertiary alicyclic amines) is 1. The summed E-state index contributed by atoms with van der Waals surface area (Å²) in [6.07, 6.45) is -4.02. The van der Waals surface area contributed by atoms with E-state index in [1.165, 1.54) is 4.90 Å². The smallest absolute Gasteiger partial charge is 0.334 e. The minimum Gasteiger partial charge on any atom is -0.334 e. The zero-order valence-electron chi connectivity index (χ0n) is 12.1. The van der Waals surface area contributed by atoms with Gasteiger partial charge in [-0.05, 0) is 25.0 Å². The van der Waals surface area contributed by atoms with Crippen molar-refractivity contribution >= 4 is 17.5 Å². The van der Waals surface area contributed by atoms with E-state index in [1.807, 2.05) is 6.07 Å². The summed E-state index contributed by atoms with van der Waals surface area (Å²) in [6, 6.07) is 8.86. The molecule has 0 aromatic heterocycles. The Kier molecular flexibility index (Phi) is 4.73. The Labute approximate surface area is 126 Å². The first-order valence-electron chi connectivity index (χ1n) is 6.99. The first-order valence-corrected chi connectivity index (χ1v) is 6.99. The second kappa shape index (κ2) is 6.37. The molecular weight excluding hydrogens is 297 g/mol. The molecule has 4 nitrogen and oxygen atoms in total. The Bertz CT molecular complexity index is 545. The molecule has 1 aromatic rings. The maximum atomic E-state index is 12.5. The average molecular weight is 314 g/mol. The molecule has 2 rings (SSSR count). The number of benzene rings is 1. The number of nitrogens with zero attached hydrogens (tertiary/aromatic N) is 2. The van der Waals surface area contributed by atoms with E-state index >= 15 is 0 Å². The third-order valence-corrected chi connectivity index (χ3v) is 3.77. The Morgan fingerprint density at radius 3 is 2.45 bits per heavy atom. The van der Waals surface area contributed by atoms with Gasteiger partial charge in [-0.3, -0.25) is 9.59 Å². The molecule has 0 spiro atoms. The van der Waals surface area contributed by atoms with E-state index in [9.17, 15) is 22.8 Å². The Hall–Kier alpha value is -2.05. The Morgan fingerprint density at radius 1 is 1.23 bits per heavy atom. The molecule has 22 heavy (non-hydrogen) atoms. The van der Waals surface area contributed by atoms with Crippen molar-refractivity contribution in [1.82, 2.24) is 4.90 Å². The van der Waals surface area contributed by atoms with E-state index in [2.05, 4.69) is 0 Å². The number of hydrogen-bond acceptors (Lipinski definition) is 2. The van der Waals surface area contributed by atoms with Gasteiger partial charge in [0.05, 0.1) is 5.92 Å². The molecule has 120 valence electrons. The van der Waals surface area contributed by atoms with Crippen LogP contribution in [-0.2, 0) is 9.59 Å². The first-order chi connectivity index (χ1) is 10.3. The highest BCUT2D eigenvalue weighted by atomic mass is 19.4. The molecule has 1 fully saturated rings. The second-order valence-corrected chi connectivity index (χ2v) is 5.32. The van der Waals surface area contributed by atoms with E-state index < -0.39 is 18.0 Å². The van der Waals surface area contributed by atoms with E-state index in [-0.39, 0.29) is 19.0 Å². The fraction of sp³-hybridized carbons (Fsp3) is 0.467. The monoisotopic (exact) mass is 314 g/mol. The van der Waals surface area contributed by atoms with Crippen LogP contribution in [0.3, 0.4) is 0 Å². The van der Waals surface area contributed by atoms with Crippen molar-refractivity contribution in [3.8, 4) is 0 Å². The van der Waals surface area contributed by atoms with E-state index in [0.717, 1.165) is 4.90 Å². The van der Waals surface area contributed by atoms with Gasteiger partial charge in [-0.2, -0.15) is 13.2 Å². The lowest BCUT2D eigenvalue weighted by atomic mass is 9.96. The largest absolute Gasteiger partial charge is 0.471 e. The van der Waals surface area contributed by atoms with Crippen molar-refractivity contribution in [2.75, 3.05) is 25.0 Å². The molecule has 0 saturated carbocycles. The lowest BCUT2D eigenvalue weighted by Crippen LogP contribution is -2.49. The van der Waals surface area contributed by atoms with Gasteiger partial charge in [-0.25, -0.2) is 0 Å². The molecule has 7 heteroatoms. The number of hydrogen-bond donors (Lipinski definition) is 0. The molecule has 1 aromatic carbocycles. The maximum absolute atomic E-state index is 12.5. The molecule has 1 unspecified atom stereocenters. The van der Waals surface area contributed by atoms with Gasteiger partial charge in [0.25, 0.3) is 0 Å². The third-order valence-electron chi connectivity index (χ3n) is 3.77. The molecule has 0 radical (unpaired) electrons. The lowest BCUT2D eigenvalue weighted by Gasteiger charge is -2.34. The van der Waals surface area contributed by atoms with Gasteiger partial charge in [0.2, 0.25) is 5.91 Å². The normalized spacial score (nSPS) is 18.9. The van der Waals surface area contributed by atoms with Crippen molar-refractivity contribution in [3.63, 3.8) is 0 Å². The van der Waals surface area contributed by atoms with Crippen LogP contribution in [0.25, 0.3) is 0 Å². The molecule has 1 atom stereocenters. The fourth-order valence-electron chi connectivity index (χ4n) is 2.60. The molecule has 0 bridgehead atoms. The SMILES string of the molecule is CN(C(=O)C1CCCN(C(=O)C(F)(F)F)C1)c1ccccc1. The zero-order chi connectivity index (χ0) is 16.3. The molecule has 0 N–H and O–H groups in total. The topological polar surface area (TPSA) is 40.6 Å². The summed E-state index contributed by atoms with van der Waals surface area (Å²) < 4.78 is 37.5. The molecule has 1 aliphatic rings. The van der Waals surface area contributed by atoms with Gasteiger partial charge >= 0.3 is 12.1 Å². The van der Waals surface area contributed by atoms with Crippen molar-refractivity contribution in [2.24, 2.45) is 5.92 Å². The summed E-state index contributed by atoms with van der Waals surface area (Å²) in [5.74, 6) is -2.75. The Morgan fingerprint density at radius 2 is 1.86 bits per heavy atom. The van der Waals surface area contributed by atoms with Crippen molar-refractivity contribution in [1.29, 1.82) is 0 Å². The molecular formula is C15H17F3N2O2. The quantitative estimate of drug-likeness (QED) is 0.841. The van der Waals surface area contributed by atoms with Gasteiger partial charge in [0.15, 0.2) is 0 Å². The van der Waals surface area contributed by atoms with Crippen LogP contribution < -0.4 is 4.90 Å². The number of carbonyl (C=O) groups is 2. The zero-order valence-corrected chi connectivity index (χ0v) is 12.1. The summed E-state index contributed by atoms with van der Waals surface area (Å²) in [7, 11) is 1.59. The van der Waals surface area contributed by atoms with Gasteiger partial charge in [0.1, 0.15) is 0 Å². The molecule has 1 aliphatic heterocycles. The summed E-state index contributed by atoms with van der Waals surface area (Å²) in [4.78, 5) is 25.9. The van der Waals surface area contributed by atoms with Crippen LogP contribution in [0.4, 0.5) is 18.9 Å². The first kappa shape index (κ1) is 16.3. The van der Waals surface area contributed by atoms with Gasteiger partial charge < -0.3 is 9.80 Å². The molecule has 1 heterocycles. The lowest BCUT2D eigenvalue weighted by molar-refractivity contribution is -0.187. The molecule has 0 aliphatic carbocycles. The van der Waals surface area contributed by atoms with E-state index in [0.29, 0.717) is 18.5 Å². The number of rotatable bonds is 2. The van der Waals surface area contributed by atoms with Crippen LogP contribution in [0.1, 0.15) is 12.8 Å². The summed E-state index contributed by atoms with van der Waals surface area (Å²) >= 11 is 0. The minimum absolute atomic E-state index is 0.0389. The highest BCUT2D eigenvalue weighted by Crippen LogP contribution is 2.25. The molecule has 1 saturated heterocycles. The van der Waals surface area contributed by atoms with E-state index in [1.54, 1.807) is 31.3 Å².